The van der Waals surface area contributed by atoms with Crippen LogP contribution in [0.25, 0.3) is 0 Å². The summed E-state index contributed by atoms with van der Waals surface area (Å²) < 4.78 is 1.76. The van der Waals surface area contributed by atoms with Gasteiger partial charge in [-0.2, -0.15) is 5.10 Å². The van der Waals surface area contributed by atoms with Gasteiger partial charge in [0.2, 0.25) is 0 Å². The fourth-order valence-electron chi connectivity index (χ4n) is 1.22. The quantitative estimate of drug-likeness (QED) is 0.411. The zero-order valence-corrected chi connectivity index (χ0v) is 8.12. The van der Waals surface area contributed by atoms with Crippen molar-refractivity contribution < 1.29 is 0 Å². The van der Waals surface area contributed by atoms with Crippen molar-refractivity contribution in [2.75, 3.05) is 0 Å². The van der Waals surface area contributed by atoms with E-state index in [1.165, 1.54) is 0 Å². The number of nitrogens with two attached hydrogens (primary N) is 1. The van der Waals surface area contributed by atoms with Gasteiger partial charge in [0.1, 0.15) is 0 Å². The Hall–Kier alpha value is -1.13. The lowest BCUT2D eigenvalue weighted by Gasteiger charge is -2.12. The lowest BCUT2D eigenvalue weighted by molar-refractivity contribution is 0.528. The number of hydrogen-bond acceptors (Lipinski definition) is 3. The average molecular weight is 180 g/mol. The molecule has 0 saturated heterocycles. The second-order valence-corrected chi connectivity index (χ2v) is 3.29. The fraction of sp³-hybridized carbons (Fsp3) is 0.444. The van der Waals surface area contributed by atoms with Crippen molar-refractivity contribution in [1.29, 1.82) is 0 Å². The van der Waals surface area contributed by atoms with E-state index in [-0.39, 0.29) is 6.04 Å². The SMILES string of the molecule is C=C(C)CC(NN)c1ccn(C)n1. The second kappa shape index (κ2) is 4.20. The molecule has 1 unspecified atom stereocenters. The molecule has 0 amide bonds. The molecule has 0 aliphatic rings. The summed E-state index contributed by atoms with van der Waals surface area (Å²) in [5.41, 5.74) is 4.77. The molecular formula is C9H16N4. The van der Waals surface area contributed by atoms with E-state index in [0.29, 0.717) is 0 Å². The summed E-state index contributed by atoms with van der Waals surface area (Å²) in [6.45, 7) is 5.82. The highest BCUT2D eigenvalue weighted by atomic mass is 15.3. The van der Waals surface area contributed by atoms with Gasteiger partial charge in [0, 0.05) is 13.2 Å². The Morgan fingerprint density at radius 1 is 1.85 bits per heavy atom. The summed E-state index contributed by atoms with van der Waals surface area (Å²) in [5, 5.41) is 4.27. The predicted octanol–water partition coefficient (Wildman–Crippen LogP) is 0.891. The van der Waals surface area contributed by atoms with Gasteiger partial charge in [-0.25, -0.2) is 0 Å². The van der Waals surface area contributed by atoms with Crippen molar-refractivity contribution in [2.24, 2.45) is 12.9 Å². The van der Waals surface area contributed by atoms with Crippen molar-refractivity contribution in [3.63, 3.8) is 0 Å². The number of hydrogen-bond donors (Lipinski definition) is 2. The van der Waals surface area contributed by atoms with Gasteiger partial charge >= 0.3 is 0 Å². The van der Waals surface area contributed by atoms with Gasteiger partial charge in [0.05, 0.1) is 11.7 Å². The van der Waals surface area contributed by atoms with Crippen LogP contribution in [-0.4, -0.2) is 9.78 Å². The van der Waals surface area contributed by atoms with Crippen LogP contribution >= 0.6 is 0 Å². The molecule has 0 aliphatic carbocycles. The van der Waals surface area contributed by atoms with Crippen LogP contribution in [0, 0.1) is 0 Å². The molecule has 0 radical (unpaired) electrons. The highest BCUT2D eigenvalue weighted by Gasteiger charge is 2.11. The van der Waals surface area contributed by atoms with E-state index in [2.05, 4.69) is 17.1 Å². The minimum Gasteiger partial charge on any atom is -0.275 e. The maximum atomic E-state index is 5.42. The van der Waals surface area contributed by atoms with Crippen LogP contribution < -0.4 is 11.3 Å². The van der Waals surface area contributed by atoms with Crippen molar-refractivity contribution >= 4 is 0 Å². The summed E-state index contributed by atoms with van der Waals surface area (Å²) in [5.74, 6) is 5.42. The van der Waals surface area contributed by atoms with E-state index in [4.69, 9.17) is 5.84 Å². The molecule has 1 rings (SSSR count). The maximum absolute atomic E-state index is 5.42. The molecule has 1 aromatic heterocycles. The molecule has 0 aliphatic heterocycles. The Morgan fingerprint density at radius 3 is 2.92 bits per heavy atom. The summed E-state index contributed by atoms with van der Waals surface area (Å²) in [7, 11) is 1.89. The van der Waals surface area contributed by atoms with Crippen LogP contribution in [0.15, 0.2) is 24.4 Å². The van der Waals surface area contributed by atoms with Gasteiger partial charge in [0.25, 0.3) is 0 Å². The second-order valence-electron chi connectivity index (χ2n) is 3.29. The van der Waals surface area contributed by atoms with Crippen LogP contribution in [0.1, 0.15) is 25.1 Å². The van der Waals surface area contributed by atoms with Crippen LogP contribution in [0.3, 0.4) is 0 Å². The third kappa shape index (κ3) is 2.68. The summed E-state index contributed by atoms with van der Waals surface area (Å²) in [4.78, 5) is 0. The topological polar surface area (TPSA) is 55.9 Å². The van der Waals surface area contributed by atoms with Crippen LogP contribution in [0.2, 0.25) is 0 Å². The molecule has 1 heterocycles. The highest BCUT2D eigenvalue weighted by Crippen LogP contribution is 2.16. The van der Waals surface area contributed by atoms with Crippen LogP contribution in [0.4, 0.5) is 0 Å². The van der Waals surface area contributed by atoms with Gasteiger partial charge < -0.3 is 0 Å². The predicted molar refractivity (Wildman–Crippen MR) is 52.7 cm³/mol. The molecule has 0 bridgehead atoms. The number of aryl methyl sites for hydroxylation is 1. The largest absolute Gasteiger partial charge is 0.275 e. The first-order valence-corrected chi connectivity index (χ1v) is 4.23. The number of hydrazine groups is 1. The summed E-state index contributed by atoms with van der Waals surface area (Å²) >= 11 is 0. The number of aromatic nitrogens is 2. The minimum atomic E-state index is 0.0682. The first kappa shape index (κ1) is 9.95. The average Bonchev–Trinajstić information content (AvgIpc) is 2.47. The minimum absolute atomic E-state index is 0.0682. The van der Waals surface area contributed by atoms with E-state index in [1.54, 1.807) is 4.68 Å². The molecule has 0 spiro atoms. The normalized spacial score (nSPS) is 12.8. The molecule has 4 heteroatoms. The first-order chi connectivity index (χ1) is 6.13. The standard InChI is InChI=1S/C9H16N4/c1-7(2)6-9(11-10)8-4-5-13(3)12-8/h4-5,9,11H,1,6,10H2,2-3H3. The van der Waals surface area contributed by atoms with Gasteiger partial charge in [-0.1, -0.05) is 5.57 Å². The van der Waals surface area contributed by atoms with Gasteiger partial charge in [-0.15, -0.1) is 6.58 Å². The van der Waals surface area contributed by atoms with E-state index in [0.717, 1.165) is 17.7 Å². The molecule has 1 atom stereocenters. The number of nitrogens with zero attached hydrogens (tertiary/aromatic N) is 2. The Kier molecular flexibility index (Phi) is 3.22. The van der Waals surface area contributed by atoms with Crippen molar-refractivity contribution in [1.82, 2.24) is 15.2 Å². The zero-order chi connectivity index (χ0) is 9.84. The monoisotopic (exact) mass is 180 g/mol. The first-order valence-electron chi connectivity index (χ1n) is 4.23. The molecule has 1 aromatic rings. The number of nitrogens with one attached hydrogen (secondary N) is 1. The van der Waals surface area contributed by atoms with E-state index in [9.17, 15) is 0 Å². The molecule has 0 saturated carbocycles. The van der Waals surface area contributed by atoms with Crippen LogP contribution in [0.5, 0.6) is 0 Å². The van der Waals surface area contributed by atoms with E-state index in [1.807, 2.05) is 26.2 Å². The van der Waals surface area contributed by atoms with Crippen molar-refractivity contribution in [2.45, 2.75) is 19.4 Å². The third-order valence-corrected chi connectivity index (χ3v) is 1.85. The smallest absolute Gasteiger partial charge is 0.0810 e. The molecular weight excluding hydrogens is 164 g/mol. The molecule has 3 N–H and O–H groups in total. The molecule has 0 aromatic carbocycles. The lowest BCUT2D eigenvalue weighted by Crippen LogP contribution is -2.28. The van der Waals surface area contributed by atoms with Gasteiger partial charge in [-0.3, -0.25) is 16.0 Å². The summed E-state index contributed by atoms with van der Waals surface area (Å²) in [6.07, 6.45) is 2.71. The molecule has 0 fully saturated rings. The number of rotatable bonds is 4. The lowest BCUT2D eigenvalue weighted by atomic mass is 10.1. The van der Waals surface area contributed by atoms with E-state index >= 15 is 0 Å². The van der Waals surface area contributed by atoms with Crippen molar-refractivity contribution in [3.8, 4) is 0 Å². The fourth-order valence-corrected chi connectivity index (χ4v) is 1.22. The maximum Gasteiger partial charge on any atom is 0.0810 e. The Labute approximate surface area is 78.4 Å². The molecule has 13 heavy (non-hydrogen) atoms. The van der Waals surface area contributed by atoms with E-state index < -0.39 is 0 Å². The Balaban J connectivity index is 2.72. The zero-order valence-electron chi connectivity index (χ0n) is 8.12. The highest BCUT2D eigenvalue weighted by molar-refractivity contribution is 5.08. The van der Waals surface area contributed by atoms with Gasteiger partial charge in [0.15, 0.2) is 0 Å². The molecule has 4 nitrogen and oxygen atoms in total. The Bertz CT molecular complexity index is 290. The van der Waals surface area contributed by atoms with Crippen molar-refractivity contribution in [3.05, 3.63) is 30.1 Å². The third-order valence-electron chi connectivity index (χ3n) is 1.85. The molecule has 72 valence electrons. The summed E-state index contributed by atoms with van der Waals surface area (Å²) in [6, 6.07) is 2.02. The van der Waals surface area contributed by atoms with Crippen LogP contribution in [-0.2, 0) is 7.05 Å². The van der Waals surface area contributed by atoms with Gasteiger partial charge in [-0.05, 0) is 19.4 Å². The Morgan fingerprint density at radius 2 is 2.54 bits per heavy atom.